The number of primary amides is 1. The summed E-state index contributed by atoms with van der Waals surface area (Å²) in [4.78, 5) is 29.7. The summed E-state index contributed by atoms with van der Waals surface area (Å²) in [5, 5.41) is 13.3. The van der Waals surface area contributed by atoms with E-state index in [4.69, 9.17) is 31.8 Å². The molecule has 2 amide bonds. The summed E-state index contributed by atoms with van der Waals surface area (Å²) in [6, 6.07) is 7.03. The fourth-order valence-electron chi connectivity index (χ4n) is 4.17. The number of hydrogen-bond acceptors (Lipinski definition) is 9. The number of carbonyl (C=O) groups excluding carboxylic acids is 2. The molecule has 2 aromatic heterocycles. The average Bonchev–Trinajstić information content (AvgIpc) is 3.37. The highest BCUT2D eigenvalue weighted by Gasteiger charge is 2.32. The quantitative estimate of drug-likeness (QED) is 0.315. The summed E-state index contributed by atoms with van der Waals surface area (Å²) in [7, 11) is 0. The highest BCUT2D eigenvalue weighted by molar-refractivity contribution is 7.15. The average molecular weight is 575 g/mol. The van der Waals surface area contributed by atoms with Crippen LogP contribution in [0.25, 0.3) is 5.00 Å². The predicted molar refractivity (Wildman–Crippen MR) is 148 cm³/mol. The van der Waals surface area contributed by atoms with Gasteiger partial charge in [0.15, 0.2) is 5.82 Å². The lowest BCUT2D eigenvalue weighted by atomic mass is 9.99. The Balaban J connectivity index is 1.43. The molecular formula is C26H31ClN6O5S. The third-order valence-corrected chi connectivity index (χ3v) is 7.59. The SMILES string of the molecule is Cc1sc2c(c1C)C(c1ccc(Cl)cc1)=N[C@@H](CC(=O)NCCOCCOCCOC(N)=O)c1nnc(C)n1-2. The molecule has 0 saturated carbocycles. The van der Waals surface area contributed by atoms with Crippen LogP contribution in [0.15, 0.2) is 29.3 Å². The van der Waals surface area contributed by atoms with Crippen molar-refractivity contribution < 1.29 is 23.8 Å². The zero-order valence-corrected chi connectivity index (χ0v) is 23.6. The molecule has 0 saturated heterocycles. The van der Waals surface area contributed by atoms with Crippen LogP contribution in [-0.4, -0.2) is 72.1 Å². The molecule has 11 nitrogen and oxygen atoms in total. The minimum atomic E-state index is -0.835. The van der Waals surface area contributed by atoms with Crippen molar-refractivity contribution in [2.45, 2.75) is 33.2 Å². The molecule has 1 aromatic carbocycles. The van der Waals surface area contributed by atoms with E-state index in [1.165, 1.54) is 4.88 Å². The van der Waals surface area contributed by atoms with Gasteiger partial charge in [-0.05, 0) is 38.5 Å². The van der Waals surface area contributed by atoms with Crippen molar-refractivity contribution in [2.24, 2.45) is 10.7 Å². The fourth-order valence-corrected chi connectivity index (χ4v) is 5.51. The first-order chi connectivity index (χ1) is 18.8. The summed E-state index contributed by atoms with van der Waals surface area (Å²) in [5.74, 6) is 1.19. The topological polar surface area (TPSA) is 143 Å². The molecule has 0 radical (unpaired) electrons. The number of nitrogens with one attached hydrogen (secondary N) is 1. The second-order valence-electron chi connectivity index (χ2n) is 8.85. The molecule has 0 unspecified atom stereocenters. The van der Waals surface area contributed by atoms with E-state index in [1.54, 1.807) is 11.3 Å². The Labute approximate surface area is 235 Å². The number of nitrogens with zero attached hydrogens (tertiary/aromatic N) is 4. The molecule has 3 N–H and O–H groups in total. The summed E-state index contributed by atoms with van der Waals surface area (Å²) in [6.07, 6.45) is -0.733. The second kappa shape index (κ2) is 13.2. The van der Waals surface area contributed by atoms with E-state index in [0.717, 1.165) is 33.2 Å². The molecule has 39 heavy (non-hydrogen) atoms. The zero-order chi connectivity index (χ0) is 27.9. The summed E-state index contributed by atoms with van der Waals surface area (Å²) in [5.41, 5.74) is 8.74. The first-order valence-electron chi connectivity index (χ1n) is 12.5. The van der Waals surface area contributed by atoms with Gasteiger partial charge in [-0.15, -0.1) is 21.5 Å². The van der Waals surface area contributed by atoms with Crippen molar-refractivity contribution in [1.82, 2.24) is 20.1 Å². The predicted octanol–water partition coefficient (Wildman–Crippen LogP) is 3.43. The maximum atomic E-state index is 12.9. The standard InChI is InChI=1S/C26H31ClN6O5S/c1-15-16(2)39-25-22(15)23(18-4-6-19(27)7-5-18)30-20(24-32-31-17(3)33(24)25)14-21(34)29-8-9-36-10-11-37-12-13-38-26(28)35/h4-7,20H,8-14H2,1-3H3,(H2,28,35)(H,29,34)/t20-/m0/s1. The minimum Gasteiger partial charge on any atom is -0.447 e. The van der Waals surface area contributed by atoms with Gasteiger partial charge in [0.2, 0.25) is 5.91 Å². The van der Waals surface area contributed by atoms with Crippen molar-refractivity contribution in [1.29, 1.82) is 0 Å². The van der Waals surface area contributed by atoms with Crippen molar-refractivity contribution >= 4 is 40.6 Å². The van der Waals surface area contributed by atoms with Gasteiger partial charge in [0, 0.05) is 27.6 Å². The van der Waals surface area contributed by atoms with E-state index < -0.39 is 12.1 Å². The van der Waals surface area contributed by atoms with Crippen molar-refractivity contribution in [2.75, 3.05) is 39.6 Å². The molecule has 208 valence electrons. The Hall–Kier alpha value is -3.32. The number of hydrogen-bond donors (Lipinski definition) is 2. The monoisotopic (exact) mass is 574 g/mol. The zero-order valence-electron chi connectivity index (χ0n) is 22.0. The maximum Gasteiger partial charge on any atom is 0.404 e. The number of thiophene rings is 1. The van der Waals surface area contributed by atoms with E-state index in [1.807, 2.05) is 35.8 Å². The van der Waals surface area contributed by atoms with Crippen LogP contribution in [0.1, 0.15) is 45.7 Å². The van der Waals surface area contributed by atoms with Crippen LogP contribution in [-0.2, 0) is 19.0 Å². The Bertz CT molecular complexity index is 1350. The first kappa shape index (κ1) is 28.7. The van der Waals surface area contributed by atoms with Gasteiger partial charge in [-0.1, -0.05) is 23.7 Å². The number of aromatic nitrogens is 3. The van der Waals surface area contributed by atoms with E-state index in [-0.39, 0.29) is 25.5 Å². The molecule has 0 fully saturated rings. The van der Waals surface area contributed by atoms with Crippen LogP contribution in [0.2, 0.25) is 5.02 Å². The molecule has 1 aliphatic rings. The third-order valence-electron chi connectivity index (χ3n) is 6.15. The molecule has 3 aromatic rings. The van der Waals surface area contributed by atoms with Gasteiger partial charge in [0.1, 0.15) is 23.5 Å². The Morgan fingerprint density at radius 3 is 2.46 bits per heavy atom. The van der Waals surface area contributed by atoms with Crippen molar-refractivity contribution in [3.63, 3.8) is 0 Å². The number of amides is 2. The lowest BCUT2D eigenvalue weighted by Gasteiger charge is -2.13. The van der Waals surface area contributed by atoms with Gasteiger partial charge >= 0.3 is 6.09 Å². The highest BCUT2D eigenvalue weighted by atomic mass is 35.5. The molecule has 13 heteroatoms. The smallest absolute Gasteiger partial charge is 0.404 e. The van der Waals surface area contributed by atoms with E-state index in [0.29, 0.717) is 37.2 Å². The molecular weight excluding hydrogens is 544 g/mol. The number of benzene rings is 1. The number of fused-ring (bicyclic) bond motifs is 3. The lowest BCUT2D eigenvalue weighted by molar-refractivity contribution is -0.121. The molecule has 0 spiro atoms. The fraction of sp³-hybridized carbons (Fsp3) is 0.423. The molecule has 1 aliphatic heterocycles. The third kappa shape index (κ3) is 7.01. The molecule has 0 bridgehead atoms. The molecule has 1 atom stereocenters. The summed E-state index contributed by atoms with van der Waals surface area (Å²) in [6.45, 7) is 7.73. The van der Waals surface area contributed by atoms with E-state index in [9.17, 15) is 9.59 Å². The van der Waals surface area contributed by atoms with Crippen molar-refractivity contribution in [3.05, 3.63) is 62.5 Å². The molecule has 4 rings (SSSR count). The summed E-state index contributed by atoms with van der Waals surface area (Å²) >= 11 is 7.82. The number of aliphatic imine (C=N–C) groups is 1. The van der Waals surface area contributed by atoms with Crippen LogP contribution in [0.4, 0.5) is 4.79 Å². The lowest BCUT2D eigenvalue weighted by Crippen LogP contribution is -2.29. The number of halogens is 1. The van der Waals surface area contributed by atoms with E-state index in [2.05, 4.69) is 34.1 Å². The van der Waals surface area contributed by atoms with E-state index >= 15 is 0 Å². The largest absolute Gasteiger partial charge is 0.447 e. The van der Waals surface area contributed by atoms with Gasteiger partial charge in [-0.3, -0.25) is 14.4 Å². The second-order valence-corrected chi connectivity index (χ2v) is 10.5. The Morgan fingerprint density at radius 2 is 1.74 bits per heavy atom. The number of ether oxygens (including phenoxy) is 3. The Morgan fingerprint density at radius 1 is 1.05 bits per heavy atom. The number of nitrogens with two attached hydrogens (primary N) is 1. The molecule has 3 heterocycles. The van der Waals surface area contributed by atoms with Crippen LogP contribution < -0.4 is 11.1 Å². The van der Waals surface area contributed by atoms with Gasteiger partial charge in [-0.25, -0.2) is 4.79 Å². The normalized spacial score (nSPS) is 14.3. The number of aryl methyl sites for hydroxylation is 2. The van der Waals surface area contributed by atoms with Gasteiger partial charge in [-0.2, -0.15) is 0 Å². The first-order valence-corrected chi connectivity index (χ1v) is 13.7. The van der Waals surface area contributed by atoms with Crippen molar-refractivity contribution in [3.8, 4) is 5.00 Å². The van der Waals surface area contributed by atoms with Crippen LogP contribution >= 0.6 is 22.9 Å². The minimum absolute atomic E-state index is 0.0920. The maximum absolute atomic E-state index is 12.9. The summed E-state index contributed by atoms with van der Waals surface area (Å²) < 4.78 is 17.3. The van der Waals surface area contributed by atoms with Crippen LogP contribution in [0.3, 0.4) is 0 Å². The van der Waals surface area contributed by atoms with Gasteiger partial charge in [0.25, 0.3) is 0 Å². The highest BCUT2D eigenvalue weighted by Crippen LogP contribution is 2.39. The van der Waals surface area contributed by atoms with Crippen LogP contribution in [0.5, 0.6) is 0 Å². The number of rotatable bonds is 12. The number of carbonyl (C=O) groups is 2. The van der Waals surface area contributed by atoms with Crippen LogP contribution in [0, 0.1) is 20.8 Å². The van der Waals surface area contributed by atoms with Gasteiger partial charge in [0.05, 0.1) is 38.6 Å². The Kier molecular flexibility index (Phi) is 9.68. The molecule has 0 aliphatic carbocycles. The van der Waals surface area contributed by atoms with Gasteiger partial charge < -0.3 is 25.3 Å².